The molecule has 2 aliphatic rings. The van der Waals surface area contributed by atoms with Crippen LogP contribution in [0.2, 0.25) is 0 Å². The number of piperidine rings is 2. The summed E-state index contributed by atoms with van der Waals surface area (Å²) in [5.41, 5.74) is 0.846. The van der Waals surface area contributed by atoms with E-state index in [2.05, 4.69) is 21.0 Å². The van der Waals surface area contributed by atoms with Crippen molar-refractivity contribution in [2.24, 2.45) is 0 Å². The number of hydrogen-bond acceptors (Lipinski definition) is 5. The third-order valence-electron chi connectivity index (χ3n) is 5.76. The van der Waals surface area contributed by atoms with Crippen LogP contribution in [0.3, 0.4) is 0 Å². The molecule has 26 heavy (non-hydrogen) atoms. The van der Waals surface area contributed by atoms with Crippen LogP contribution in [-0.2, 0) is 13.1 Å². The molecular weight excluding hydrogens is 328 g/mol. The fourth-order valence-corrected chi connectivity index (χ4v) is 4.63. The van der Waals surface area contributed by atoms with Crippen molar-refractivity contribution in [2.75, 3.05) is 0 Å². The maximum absolute atomic E-state index is 12.1. The smallest absolute Gasteiger partial charge is 0.266 e. The first-order valence-corrected chi connectivity index (χ1v) is 9.45. The minimum atomic E-state index is -0.874. The Kier molecular flexibility index (Phi) is 4.63. The normalized spacial score (nSPS) is 28.8. The molecule has 2 fully saturated rings. The largest absolute Gasteiger partial charge is 0.388 e. The van der Waals surface area contributed by atoms with Crippen molar-refractivity contribution in [1.82, 2.24) is 19.7 Å². The Morgan fingerprint density at radius 2 is 1.96 bits per heavy atom. The fourth-order valence-electron chi connectivity index (χ4n) is 4.63. The Bertz CT molecular complexity index is 806. The molecule has 6 heteroatoms. The van der Waals surface area contributed by atoms with Crippen molar-refractivity contribution in [3.8, 4) is 0 Å². The van der Waals surface area contributed by atoms with Crippen LogP contribution in [0.15, 0.2) is 41.3 Å². The summed E-state index contributed by atoms with van der Waals surface area (Å²) < 4.78 is 1.43. The second-order valence-electron chi connectivity index (χ2n) is 7.84. The van der Waals surface area contributed by atoms with Crippen LogP contribution in [-0.4, -0.2) is 42.5 Å². The number of nitrogens with zero attached hydrogens (tertiary/aromatic N) is 4. The summed E-state index contributed by atoms with van der Waals surface area (Å²) in [4.78, 5) is 19.1. The monoisotopic (exact) mass is 354 g/mol. The van der Waals surface area contributed by atoms with E-state index < -0.39 is 5.60 Å². The molecule has 0 amide bonds. The average Bonchev–Trinajstić information content (AvgIpc) is 2.60. The Morgan fingerprint density at radius 1 is 1.19 bits per heavy atom. The number of aliphatic hydroxyl groups is 1. The van der Waals surface area contributed by atoms with E-state index in [9.17, 15) is 9.90 Å². The molecule has 4 heterocycles. The van der Waals surface area contributed by atoms with Crippen molar-refractivity contribution in [2.45, 2.75) is 69.8 Å². The molecular formula is C20H26N4O2. The first kappa shape index (κ1) is 17.4. The van der Waals surface area contributed by atoms with Crippen molar-refractivity contribution in [1.29, 1.82) is 0 Å². The highest BCUT2D eigenvalue weighted by Gasteiger charge is 2.45. The topological polar surface area (TPSA) is 71.2 Å². The summed E-state index contributed by atoms with van der Waals surface area (Å²) in [5.74, 6) is 0. The van der Waals surface area contributed by atoms with E-state index in [1.165, 1.54) is 17.2 Å². The zero-order valence-electron chi connectivity index (χ0n) is 15.2. The molecule has 0 unspecified atom stereocenters. The number of pyridine rings is 1. The second kappa shape index (κ2) is 6.93. The second-order valence-corrected chi connectivity index (χ2v) is 7.84. The zero-order chi connectivity index (χ0) is 18.1. The minimum Gasteiger partial charge on any atom is -0.388 e. The van der Waals surface area contributed by atoms with Gasteiger partial charge in [-0.3, -0.25) is 14.7 Å². The minimum absolute atomic E-state index is 0.148. The SMILES string of the molecule is Cc1ccc(=O)n(CC2(O)C[C@@H]3CCC[C@@H](C2)N3Cc2ccccn2)n1. The molecule has 1 N–H and O–H groups in total. The molecule has 138 valence electrons. The third kappa shape index (κ3) is 3.57. The summed E-state index contributed by atoms with van der Waals surface area (Å²) in [6, 6.07) is 9.92. The van der Waals surface area contributed by atoms with E-state index in [1.54, 1.807) is 6.07 Å². The lowest BCUT2D eigenvalue weighted by molar-refractivity contribution is -0.105. The van der Waals surface area contributed by atoms with Gasteiger partial charge in [0.15, 0.2) is 0 Å². The number of fused-ring (bicyclic) bond motifs is 2. The molecule has 0 saturated carbocycles. The first-order chi connectivity index (χ1) is 12.5. The lowest BCUT2D eigenvalue weighted by Crippen LogP contribution is -2.59. The lowest BCUT2D eigenvalue weighted by Gasteiger charge is -2.52. The van der Waals surface area contributed by atoms with Gasteiger partial charge in [0.05, 0.1) is 23.5 Å². The van der Waals surface area contributed by atoms with Crippen molar-refractivity contribution >= 4 is 0 Å². The van der Waals surface area contributed by atoms with Crippen LogP contribution < -0.4 is 5.56 Å². The highest BCUT2D eigenvalue weighted by Crippen LogP contribution is 2.40. The molecule has 2 bridgehead atoms. The molecule has 4 rings (SSSR count). The fraction of sp³-hybridized carbons (Fsp3) is 0.550. The quantitative estimate of drug-likeness (QED) is 0.908. The van der Waals surface area contributed by atoms with Gasteiger partial charge in [-0.1, -0.05) is 12.5 Å². The molecule has 0 spiro atoms. The summed E-state index contributed by atoms with van der Waals surface area (Å²) in [6.07, 6.45) is 6.56. The highest BCUT2D eigenvalue weighted by atomic mass is 16.3. The van der Waals surface area contributed by atoms with Crippen molar-refractivity contribution in [3.05, 3.63) is 58.3 Å². The van der Waals surface area contributed by atoms with E-state index in [0.29, 0.717) is 24.9 Å². The van der Waals surface area contributed by atoms with E-state index in [4.69, 9.17) is 0 Å². The van der Waals surface area contributed by atoms with Crippen LogP contribution in [0, 0.1) is 6.92 Å². The van der Waals surface area contributed by atoms with Gasteiger partial charge < -0.3 is 5.11 Å². The number of hydrogen-bond donors (Lipinski definition) is 1. The van der Waals surface area contributed by atoms with Crippen LogP contribution in [0.25, 0.3) is 0 Å². The molecule has 0 aromatic carbocycles. The maximum Gasteiger partial charge on any atom is 0.266 e. The van der Waals surface area contributed by atoms with Gasteiger partial charge in [0.2, 0.25) is 0 Å². The Labute approximate surface area is 153 Å². The molecule has 2 aromatic heterocycles. The molecule has 2 saturated heterocycles. The molecule has 2 atom stereocenters. The van der Waals surface area contributed by atoms with Crippen molar-refractivity contribution < 1.29 is 5.11 Å². The lowest BCUT2D eigenvalue weighted by atomic mass is 9.75. The van der Waals surface area contributed by atoms with Crippen LogP contribution in [0.4, 0.5) is 0 Å². The van der Waals surface area contributed by atoms with Gasteiger partial charge in [-0.2, -0.15) is 5.10 Å². The highest BCUT2D eigenvalue weighted by molar-refractivity contribution is 5.07. The number of aromatic nitrogens is 3. The average molecular weight is 354 g/mol. The van der Waals surface area contributed by atoms with Gasteiger partial charge in [0, 0.05) is 30.9 Å². The predicted octanol–water partition coefficient (Wildman–Crippen LogP) is 1.89. The summed E-state index contributed by atoms with van der Waals surface area (Å²) in [5, 5.41) is 15.6. The Morgan fingerprint density at radius 3 is 2.65 bits per heavy atom. The summed E-state index contributed by atoms with van der Waals surface area (Å²) in [7, 11) is 0. The third-order valence-corrected chi connectivity index (χ3v) is 5.76. The van der Waals surface area contributed by atoms with Crippen LogP contribution in [0.5, 0.6) is 0 Å². The zero-order valence-corrected chi connectivity index (χ0v) is 15.2. The first-order valence-electron chi connectivity index (χ1n) is 9.45. The molecule has 0 aliphatic carbocycles. The van der Waals surface area contributed by atoms with Gasteiger partial charge in [-0.25, -0.2) is 4.68 Å². The summed E-state index contributed by atoms with van der Waals surface area (Å²) >= 11 is 0. The molecule has 2 aromatic rings. The van der Waals surface area contributed by atoms with E-state index >= 15 is 0 Å². The molecule has 0 radical (unpaired) electrons. The van der Waals surface area contributed by atoms with Gasteiger partial charge in [0.1, 0.15) is 0 Å². The summed E-state index contributed by atoms with van der Waals surface area (Å²) in [6.45, 7) is 2.97. The van der Waals surface area contributed by atoms with Gasteiger partial charge in [-0.15, -0.1) is 0 Å². The Balaban J connectivity index is 1.53. The molecule has 2 aliphatic heterocycles. The Hall–Kier alpha value is -2.05. The van der Waals surface area contributed by atoms with Crippen molar-refractivity contribution in [3.63, 3.8) is 0 Å². The van der Waals surface area contributed by atoms with Gasteiger partial charge in [-0.05, 0) is 50.8 Å². The molecule has 6 nitrogen and oxygen atoms in total. The maximum atomic E-state index is 12.1. The van der Waals surface area contributed by atoms with Gasteiger partial charge >= 0.3 is 0 Å². The van der Waals surface area contributed by atoms with E-state index in [-0.39, 0.29) is 12.1 Å². The number of aryl methyl sites for hydroxylation is 1. The van der Waals surface area contributed by atoms with Gasteiger partial charge in [0.25, 0.3) is 5.56 Å². The van der Waals surface area contributed by atoms with Crippen LogP contribution in [0.1, 0.15) is 43.5 Å². The van der Waals surface area contributed by atoms with Crippen LogP contribution >= 0.6 is 0 Å². The van der Waals surface area contributed by atoms with E-state index in [0.717, 1.165) is 30.8 Å². The standard InChI is InChI=1S/C20H26N4O2/c1-15-8-9-19(25)24(22-15)14-20(26)11-17-6-4-7-18(12-20)23(17)13-16-5-2-3-10-21-16/h2-3,5,8-10,17-18,26H,4,6-7,11-14H2,1H3/t17-,18-/m0/s1. The number of rotatable bonds is 4. The van der Waals surface area contributed by atoms with E-state index in [1.807, 2.05) is 25.3 Å². The predicted molar refractivity (Wildman–Crippen MR) is 98.6 cm³/mol.